The molecule has 2 rings (SSSR count). The first-order valence-electron chi connectivity index (χ1n) is 9.34. The van der Waals surface area contributed by atoms with E-state index in [2.05, 4.69) is 10.4 Å². The summed E-state index contributed by atoms with van der Waals surface area (Å²) in [5, 5.41) is 7.46. The van der Waals surface area contributed by atoms with E-state index in [1.54, 1.807) is 10.9 Å². The largest absolute Gasteiger partial charge is 0.469 e. The summed E-state index contributed by atoms with van der Waals surface area (Å²) in [4.78, 5) is 23.9. The second kappa shape index (κ2) is 9.39. The Kier molecular flexibility index (Phi) is 7.21. The van der Waals surface area contributed by atoms with E-state index < -0.39 is 0 Å². The first-order chi connectivity index (χ1) is 12.8. The molecule has 0 spiro atoms. The number of esters is 1. The molecular weight excluding hydrogens is 346 g/mol. The van der Waals surface area contributed by atoms with Gasteiger partial charge in [-0.2, -0.15) is 5.10 Å². The average molecular weight is 375 g/mol. The summed E-state index contributed by atoms with van der Waals surface area (Å²) in [6.45, 7) is 10.3. The molecule has 2 aromatic heterocycles. The minimum atomic E-state index is -0.228. The Morgan fingerprint density at radius 3 is 2.52 bits per heavy atom. The maximum Gasteiger partial charge on any atom is 0.306 e. The number of rotatable bonds is 9. The van der Waals surface area contributed by atoms with Crippen LogP contribution in [0.1, 0.15) is 46.3 Å². The highest BCUT2D eigenvalue weighted by Crippen LogP contribution is 2.26. The highest BCUT2D eigenvalue weighted by molar-refractivity contribution is 5.90. The highest BCUT2D eigenvalue weighted by atomic mass is 16.5. The van der Waals surface area contributed by atoms with Crippen LogP contribution in [0.5, 0.6) is 0 Å². The lowest BCUT2D eigenvalue weighted by Crippen LogP contribution is -2.19. The van der Waals surface area contributed by atoms with Crippen LogP contribution in [-0.2, 0) is 20.9 Å². The minimum Gasteiger partial charge on any atom is -0.469 e. The number of nitrogens with one attached hydrogen (secondary N) is 1. The molecule has 0 aliphatic heterocycles. The monoisotopic (exact) mass is 375 g/mol. The minimum absolute atomic E-state index is 0.0709. The SMILES string of the molecule is Cc1occc1-c1cc(NC(=O)CC(C)C)n(CCOC(=O)CC(C)C)n1. The number of anilines is 1. The Bertz CT molecular complexity index is 774. The molecule has 0 fully saturated rings. The van der Waals surface area contributed by atoms with Crippen LogP contribution < -0.4 is 5.32 Å². The zero-order valence-electron chi connectivity index (χ0n) is 16.7. The number of hydrogen-bond acceptors (Lipinski definition) is 5. The van der Waals surface area contributed by atoms with Crippen LogP contribution >= 0.6 is 0 Å². The van der Waals surface area contributed by atoms with Crippen molar-refractivity contribution in [3.63, 3.8) is 0 Å². The summed E-state index contributed by atoms with van der Waals surface area (Å²) in [7, 11) is 0. The van der Waals surface area contributed by atoms with E-state index in [9.17, 15) is 9.59 Å². The molecule has 0 radical (unpaired) electrons. The van der Waals surface area contributed by atoms with Crippen molar-refractivity contribution in [2.75, 3.05) is 11.9 Å². The molecule has 27 heavy (non-hydrogen) atoms. The second-order valence-electron chi connectivity index (χ2n) is 7.49. The summed E-state index contributed by atoms with van der Waals surface area (Å²) in [6, 6.07) is 3.65. The third-order valence-corrected chi connectivity index (χ3v) is 3.92. The van der Waals surface area contributed by atoms with Gasteiger partial charge in [0.1, 0.15) is 18.2 Å². The van der Waals surface area contributed by atoms with Gasteiger partial charge >= 0.3 is 5.97 Å². The zero-order valence-corrected chi connectivity index (χ0v) is 16.7. The summed E-state index contributed by atoms with van der Waals surface area (Å²) in [6.07, 6.45) is 2.42. The molecule has 2 aromatic rings. The fraction of sp³-hybridized carbons (Fsp3) is 0.550. The highest BCUT2D eigenvalue weighted by Gasteiger charge is 2.16. The number of amides is 1. The average Bonchev–Trinajstić information content (AvgIpc) is 3.12. The van der Waals surface area contributed by atoms with Crippen LogP contribution in [0, 0.1) is 18.8 Å². The van der Waals surface area contributed by atoms with E-state index in [1.165, 1.54) is 0 Å². The van der Waals surface area contributed by atoms with Crippen molar-refractivity contribution >= 4 is 17.7 Å². The van der Waals surface area contributed by atoms with Gasteiger partial charge in [0, 0.05) is 24.5 Å². The molecule has 148 valence electrons. The van der Waals surface area contributed by atoms with E-state index in [0.29, 0.717) is 30.9 Å². The standard InChI is InChI=1S/C20H29N3O4/c1-13(2)10-19(24)21-18-12-17(16-6-8-26-15(16)5)22-23(18)7-9-27-20(25)11-14(3)4/h6,8,12-14H,7,9-11H2,1-5H3,(H,21,24). The zero-order chi connectivity index (χ0) is 20.0. The van der Waals surface area contributed by atoms with Gasteiger partial charge in [0.05, 0.1) is 18.5 Å². The Balaban J connectivity index is 2.12. The van der Waals surface area contributed by atoms with Crippen molar-refractivity contribution in [3.05, 3.63) is 24.2 Å². The summed E-state index contributed by atoms with van der Waals surface area (Å²) in [5.74, 6) is 1.55. The lowest BCUT2D eigenvalue weighted by atomic mass is 10.1. The van der Waals surface area contributed by atoms with Crippen LogP contribution in [0.25, 0.3) is 11.3 Å². The number of carbonyl (C=O) groups excluding carboxylic acids is 2. The number of aryl methyl sites for hydroxylation is 1. The Morgan fingerprint density at radius 1 is 1.22 bits per heavy atom. The molecule has 1 N–H and O–H groups in total. The quantitative estimate of drug-likeness (QED) is 0.669. The summed E-state index contributed by atoms with van der Waals surface area (Å²) < 4.78 is 12.3. The van der Waals surface area contributed by atoms with Gasteiger partial charge in [-0.15, -0.1) is 0 Å². The van der Waals surface area contributed by atoms with Gasteiger partial charge in [0.2, 0.25) is 5.91 Å². The molecule has 1 amide bonds. The number of nitrogens with zero attached hydrogens (tertiary/aromatic N) is 2. The number of hydrogen-bond donors (Lipinski definition) is 1. The van der Waals surface area contributed by atoms with E-state index in [-0.39, 0.29) is 30.3 Å². The maximum absolute atomic E-state index is 12.2. The van der Waals surface area contributed by atoms with Crippen molar-refractivity contribution in [2.45, 2.75) is 54.0 Å². The first kappa shape index (κ1) is 20.7. The van der Waals surface area contributed by atoms with E-state index in [4.69, 9.17) is 9.15 Å². The fourth-order valence-electron chi connectivity index (χ4n) is 2.67. The lowest BCUT2D eigenvalue weighted by Gasteiger charge is -2.11. The molecule has 0 atom stereocenters. The van der Waals surface area contributed by atoms with Gasteiger partial charge in [-0.3, -0.25) is 9.59 Å². The molecule has 0 unspecified atom stereocenters. The van der Waals surface area contributed by atoms with Crippen molar-refractivity contribution in [1.29, 1.82) is 0 Å². The molecule has 0 saturated heterocycles. The van der Waals surface area contributed by atoms with Crippen molar-refractivity contribution in [3.8, 4) is 11.3 Å². The summed E-state index contributed by atoms with van der Waals surface area (Å²) >= 11 is 0. The van der Waals surface area contributed by atoms with Crippen molar-refractivity contribution in [2.24, 2.45) is 11.8 Å². The molecule has 7 nitrogen and oxygen atoms in total. The summed E-state index contributed by atoms with van der Waals surface area (Å²) in [5.41, 5.74) is 1.57. The normalized spacial score (nSPS) is 11.2. The smallest absolute Gasteiger partial charge is 0.306 e. The second-order valence-corrected chi connectivity index (χ2v) is 7.49. The fourth-order valence-corrected chi connectivity index (χ4v) is 2.67. The molecule has 0 aliphatic carbocycles. The third kappa shape index (κ3) is 6.27. The Labute approximate surface area is 160 Å². The number of ether oxygens (including phenoxy) is 1. The number of carbonyl (C=O) groups is 2. The number of furan rings is 1. The van der Waals surface area contributed by atoms with Crippen LogP contribution in [0.3, 0.4) is 0 Å². The van der Waals surface area contributed by atoms with Crippen molar-refractivity contribution < 1.29 is 18.7 Å². The van der Waals surface area contributed by atoms with E-state index >= 15 is 0 Å². The van der Waals surface area contributed by atoms with Crippen LogP contribution in [0.4, 0.5) is 5.82 Å². The molecule has 0 bridgehead atoms. The molecule has 7 heteroatoms. The molecule has 0 aliphatic rings. The third-order valence-electron chi connectivity index (χ3n) is 3.92. The Hall–Kier alpha value is -2.57. The Morgan fingerprint density at radius 2 is 1.93 bits per heavy atom. The topological polar surface area (TPSA) is 86.4 Å². The van der Waals surface area contributed by atoms with E-state index in [1.807, 2.05) is 46.8 Å². The van der Waals surface area contributed by atoms with Gasteiger partial charge in [-0.25, -0.2) is 4.68 Å². The van der Waals surface area contributed by atoms with Gasteiger partial charge < -0.3 is 14.5 Å². The maximum atomic E-state index is 12.2. The van der Waals surface area contributed by atoms with Gasteiger partial charge in [0.25, 0.3) is 0 Å². The van der Waals surface area contributed by atoms with Crippen LogP contribution in [0.2, 0.25) is 0 Å². The molecular formula is C20H29N3O4. The van der Waals surface area contributed by atoms with Crippen molar-refractivity contribution in [1.82, 2.24) is 9.78 Å². The van der Waals surface area contributed by atoms with E-state index in [0.717, 1.165) is 11.3 Å². The van der Waals surface area contributed by atoms with Crippen LogP contribution in [-0.4, -0.2) is 28.3 Å². The van der Waals surface area contributed by atoms with Gasteiger partial charge in [-0.1, -0.05) is 27.7 Å². The molecule has 0 saturated carbocycles. The molecule has 2 heterocycles. The number of aromatic nitrogens is 2. The predicted octanol–water partition coefficient (Wildman–Crippen LogP) is 4.03. The first-order valence-corrected chi connectivity index (χ1v) is 9.34. The predicted molar refractivity (Wildman–Crippen MR) is 103 cm³/mol. The van der Waals surface area contributed by atoms with Crippen LogP contribution in [0.15, 0.2) is 22.8 Å². The lowest BCUT2D eigenvalue weighted by molar-refractivity contribution is -0.144. The van der Waals surface area contributed by atoms with Gasteiger partial charge in [0.15, 0.2) is 0 Å². The molecule has 0 aromatic carbocycles. The van der Waals surface area contributed by atoms with Gasteiger partial charge in [-0.05, 0) is 24.8 Å².